The zero-order chi connectivity index (χ0) is 21.5. The molecule has 29 heavy (non-hydrogen) atoms. The van der Waals surface area contributed by atoms with E-state index >= 15 is 0 Å². The lowest BCUT2D eigenvalue weighted by molar-refractivity contribution is -0.151. The summed E-state index contributed by atoms with van der Waals surface area (Å²) in [6.45, 7) is 6.80. The molecule has 0 spiro atoms. The quantitative estimate of drug-likeness (QED) is 0.346. The van der Waals surface area contributed by atoms with Crippen LogP contribution in [0.2, 0.25) is 0 Å². The molecule has 0 aliphatic heterocycles. The topological polar surface area (TPSA) is 73.9 Å². The van der Waals surface area contributed by atoms with Crippen molar-refractivity contribution in [3.8, 4) is 5.75 Å². The molecule has 6 nitrogen and oxygen atoms in total. The fourth-order valence-corrected chi connectivity index (χ4v) is 3.15. The Balaban J connectivity index is 2.62. The number of rotatable bonds is 14. The van der Waals surface area contributed by atoms with E-state index in [0.29, 0.717) is 19.3 Å². The maximum atomic E-state index is 12.5. The third kappa shape index (κ3) is 8.75. The first kappa shape index (κ1) is 24.8. The second-order valence-corrected chi connectivity index (χ2v) is 7.18. The van der Waals surface area contributed by atoms with Crippen LogP contribution in [0.5, 0.6) is 5.75 Å². The van der Waals surface area contributed by atoms with Crippen molar-refractivity contribution in [2.45, 2.75) is 77.7 Å². The Kier molecular flexibility index (Phi) is 11.8. The molecule has 1 aromatic carbocycles. The normalized spacial score (nSPS) is 12.7. The molecular weight excluding hydrogens is 370 g/mol. The largest absolute Gasteiger partial charge is 0.494 e. The van der Waals surface area contributed by atoms with Gasteiger partial charge in [0.15, 0.2) is 0 Å². The molecule has 0 heterocycles. The molecule has 0 aromatic heterocycles. The average molecular weight is 408 g/mol. The van der Waals surface area contributed by atoms with Gasteiger partial charge in [-0.25, -0.2) is 9.59 Å². The highest BCUT2D eigenvalue weighted by atomic mass is 16.5. The van der Waals surface area contributed by atoms with Crippen LogP contribution in [-0.4, -0.2) is 37.9 Å². The first-order chi connectivity index (χ1) is 14.0. The number of hydrogen-bond acceptors (Lipinski definition) is 5. The summed E-state index contributed by atoms with van der Waals surface area (Å²) in [5, 5.41) is 2.68. The van der Waals surface area contributed by atoms with Crippen LogP contribution in [-0.2, 0) is 20.7 Å². The molecule has 0 aliphatic rings. The highest BCUT2D eigenvalue weighted by molar-refractivity contribution is 5.85. The van der Waals surface area contributed by atoms with E-state index in [-0.39, 0.29) is 6.61 Å². The monoisotopic (exact) mass is 407 g/mol. The van der Waals surface area contributed by atoms with E-state index in [4.69, 9.17) is 14.2 Å². The van der Waals surface area contributed by atoms with E-state index in [9.17, 15) is 9.59 Å². The van der Waals surface area contributed by atoms with Gasteiger partial charge in [-0.15, -0.1) is 0 Å². The van der Waals surface area contributed by atoms with Crippen LogP contribution < -0.4 is 10.1 Å². The molecule has 0 bridgehead atoms. The predicted octanol–water partition coefficient (Wildman–Crippen LogP) is 5.04. The molecule has 1 atom stereocenters. The molecular formula is C23H37NO5. The minimum atomic E-state index is -1.10. The zero-order valence-electron chi connectivity index (χ0n) is 18.4. The Morgan fingerprint density at radius 3 is 2.28 bits per heavy atom. The standard InChI is InChI=1S/C23H37NO5/c1-5-8-9-10-11-18-29-20-14-12-19(13-15-20)16-17-23(6-2,21(25)28-7-3)24-22(26)27-4/h12-15H,5-11,16-18H2,1-4H3,(H,24,26). The SMILES string of the molecule is CCCCCCCOc1ccc(CCC(CC)(NC(=O)OC)C(=O)OCC)cc1. The van der Waals surface area contributed by atoms with Crippen LogP contribution in [0.1, 0.15) is 71.3 Å². The smallest absolute Gasteiger partial charge is 0.407 e. The number of alkyl carbamates (subject to hydrolysis) is 1. The Morgan fingerprint density at radius 1 is 1.00 bits per heavy atom. The van der Waals surface area contributed by atoms with Gasteiger partial charge in [0.05, 0.1) is 20.3 Å². The number of methoxy groups -OCH3 is 1. The molecule has 0 saturated heterocycles. The number of aryl methyl sites for hydroxylation is 1. The molecule has 0 fully saturated rings. The predicted molar refractivity (Wildman–Crippen MR) is 114 cm³/mol. The van der Waals surface area contributed by atoms with Gasteiger partial charge in [-0.3, -0.25) is 0 Å². The van der Waals surface area contributed by atoms with Crippen LogP contribution in [0.3, 0.4) is 0 Å². The number of amides is 1. The van der Waals surface area contributed by atoms with Crippen LogP contribution in [0.25, 0.3) is 0 Å². The maximum Gasteiger partial charge on any atom is 0.407 e. The second kappa shape index (κ2) is 13.9. The van der Waals surface area contributed by atoms with E-state index in [0.717, 1.165) is 24.3 Å². The summed E-state index contributed by atoms with van der Waals surface area (Å²) in [7, 11) is 1.28. The first-order valence-corrected chi connectivity index (χ1v) is 10.8. The zero-order valence-corrected chi connectivity index (χ0v) is 18.4. The number of carbonyl (C=O) groups is 2. The molecule has 0 aliphatic carbocycles. The minimum absolute atomic E-state index is 0.258. The van der Waals surface area contributed by atoms with Crippen molar-refractivity contribution in [1.82, 2.24) is 5.32 Å². The molecule has 164 valence electrons. The van der Waals surface area contributed by atoms with Crippen LogP contribution in [0.15, 0.2) is 24.3 Å². The maximum absolute atomic E-state index is 12.5. The average Bonchev–Trinajstić information content (AvgIpc) is 2.74. The van der Waals surface area contributed by atoms with Crippen LogP contribution in [0.4, 0.5) is 4.79 Å². The van der Waals surface area contributed by atoms with Crippen LogP contribution in [0, 0.1) is 0 Å². The molecule has 0 radical (unpaired) electrons. The van der Waals surface area contributed by atoms with Gasteiger partial charge in [-0.1, -0.05) is 51.7 Å². The highest BCUT2D eigenvalue weighted by Crippen LogP contribution is 2.22. The number of nitrogens with one attached hydrogen (secondary N) is 1. The summed E-state index contributed by atoms with van der Waals surface area (Å²) in [5.74, 6) is 0.417. The lowest BCUT2D eigenvalue weighted by Crippen LogP contribution is -2.55. The number of esters is 1. The fourth-order valence-electron chi connectivity index (χ4n) is 3.15. The molecule has 1 unspecified atom stereocenters. The lowest BCUT2D eigenvalue weighted by atomic mass is 9.88. The second-order valence-electron chi connectivity index (χ2n) is 7.18. The Hall–Kier alpha value is -2.24. The lowest BCUT2D eigenvalue weighted by Gasteiger charge is -2.30. The van der Waals surface area contributed by atoms with Gasteiger partial charge in [0.1, 0.15) is 11.3 Å². The number of carbonyl (C=O) groups excluding carboxylic acids is 2. The molecule has 6 heteroatoms. The summed E-state index contributed by atoms with van der Waals surface area (Å²) in [4.78, 5) is 24.3. The van der Waals surface area contributed by atoms with E-state index in [2.05, 4.69) is 12.2 Å². The molecule has 0 saturated carbocycles. The Morgan fingerprint density at radius 2 is 1.69 bits per heavy atom. The van der Waals surface area contributed by atoms with Gasteiger partial charge in [0.25, 0.3) is 0 Å². The number of benzene rings is 1. The van der Waals surface area contributed by atoms with E-state index in [1.165, 1.54) is 32.8 Å². The third-order valence-corrected chi connectivity index (χ3v) is 5.08. The Labute approximate surface area is 175 Å². The first-order valence-electron chi connectivity index (χ1n) is 10.8. The van der Waals surface area contributed by atoms with E-state index in [1.54, 1.807) is 6.92 Å². The molecule has 1 amide bonds. The summed E-state index contributed by atoms with van der Waals surface area (Å²) >= 11 is 0. The van der Waals surface area contributed by atoms with Gasteiger partial charge in [-0.2, -0.15) is 0 Å². The van der Waals surface area contributed by atoms with Crippen LogP contribution >= 0.6 is 0 Å². The summed E-state index contributed by atoms with van der Waals surface area (Å²) in [6, 6.07) is 7.90. The summed E-state index contributed by atoms with van der Waals surface area (Å²) in [6.07, 6.45) is 6.88. The van der Waals surface area contributed by atoms with Gasteiger partial charge in [0, 0.05) is 0 Å². The van der Waals surface area contributed by atoms with Gasteiger partial charge < -0.3 is 19.5 Å². The summed E-state index contributed by atoms with van der Waals surface area (Å²) in [5.41, 5.74) is -0.0365. The third-order valence-electron chi connectivity index (χ3n) is 5.08. The minimum Gasteiger partial charge on any atom is -0.494 e. The van der Waals surface area contributed by atoms with Crippen molar-refractivity contribution in [3.05, 3.63) is 29.8 Å². The molecule has 1 rings (SSSR count). The highest BCUT2D eigenvalue weighted by Gasteiger charge is 2.39. The van der Waals surface area contributed by atoms with Gasteiger partial charge in [0.2, 0.25) is 0 Å². The van der Waals surface area contributed by atoms with Gasteiger partial charge in [-0.05, 0) is 50.3 Å². The van der Waals surface area contributed by atoms with Crippen molar-refractivity contribution in [1.29, 1.82) is 0 Å². The number of unbranched alkanes of at least 4 members (excludes halogenated alkanes) is 4. The van der Waals surface area contributed by atoms with E-state index in [1.807, 2.05) is 31.2 Å². The van der Waals surface area contributed by atoms with Crippen molar-refractivity contribution in [2.24, 2.45) is 0 Å². The van der Waals surface area contributed by atoms with Crippen molar-refractivity contribution < 1.29 is 23.8 Å². The summed E-state index contributed by atoms with van der Waals surface area (Å²) < 4.78 is 15.7. The number of hydrogen-bond donors (Lipinski definition) is 1. The van der Waals surface area contributed by atoms with E-state index < -0.39 is 17.6 Å². The van der Waals surface area contributed by atoms with Crippen molar-refractivity contribution in [3.63, 3.8) is 0 Å². The van der Waals surface area contributed by atoms with Gasteiger partial charge >= 0.3 is 12.1 Å². The molecule has 1 aromatic rings. The Bertz CT molecular complexity index is 602. The molecule has 1 N–H and O–H groups in total. The number of ether oxygens (including phenoxy) is 3. The van der Waals surface area contributed by atoms with Crippen molar-refractivity contribution >= 4 is 12.1 Å². The van der Waals surface area contributed by atoms with Crippen molar-refractivity contribution in [2.75, 3.05) is 20.3 Å². The fraction of sp³-hybridized carbons (Fsp3) is 0.652.